The van der Waals surface area contributed by atoms with Gasteiger partial charge in [-0.25, -0.2) is 4.79 Å². The van der Waals surface area contributed by atoms with Crippen LogP contribution in [-0.4, -0.2) is 41.1 Å². The van der Waals surface area contributed by atoms with Gasteiger partial charge in [0.05, 0.1) is 0 Å². The van der Waals surface area contributed by atoms with Gasteiger partial charge < -0.3 is 15.3 Å². The molecule has 1 saturated heterocycles. The summed E-state index contributed by atoms with van der Waals surface area (Å²) in [5.41, 5.74) is 0. The average molecular weight is 298 g/mol. The van der Waals surface area contributed by atoms with Crippen LogP contribution in [0.3, 0.4) is 0 Å². The summed E-state index contributed by atoms with van der Waals surface area (Å²) in [6, 6.07) is 0.213. The van der Waals surface area contributed by atoms with E-state index in [9.17, 15) is 9.59 Å². The van der Waals surface area contributed by atoms with Crippen LogP contribution in [0.2, 0.25) is 0 Å². The Hall–Kier alpha value is -1.26. The van der Waals surface area contributed by atoms with E-state index in [1.54, 1.807) is 0 Å². The van der Waals surface area contributed by atoms with Gasteiger partial charge in [0.2, 0.25) is 0 Å². The number of piperidine rings is 1. The first-order valence-corrected chi connectivity index (χ1v) is 8.05. The van der Waals surface area contributed by atoms with Crippen LogP contribution in [-0.2, 0) is 4.79 Å². The number of hydrogen-bond acceptors (Lipinski definition) is 2. The van der Waals surface area contributed by atoms with Gasteiger partial charge in [-0.05, 0) is 43.9 Å². The van der Waals surface area contributed by atoms with Crippen molar-refractivity contribution in [3.05, 3.63) is 0 Å². The molecule has 0 radical (unpaired) electrons. The molecule has 1 rings (SSSR count). The van der Waals surface area contributed by atoms with Crippen LogP contribution in [0.15, 0.2) is 0 Å². The van der Waals surface area contributed by atoms with E-state index in [2.05, 4.69) is 33.0 Å². The highest BCUT2D eigenvalue weighted by atomic mass is 16.4. The maximum absolute atomic E-state index is 12.3. The number of nitrogens with one attached hydrogen (secondary N) is 1. The van der Waals surface area contributed by atoms with Gasteiger partial charge in [0.25, 0.3) is 0 Å². The summed E-state index contributed by atoms with van der Waals surface area (Å²) in [5.74, 6) is 0.311. The molecule has 0 aromatic rings. The zero-order chi connectivity index (χ0) is 16.0. The van der Waals surface area contributed by atoms with E-state index in [4.69, 9.17) is 5.11 Å². The topological polar surface area (TPSA) is 69.6 Å². The first kappa shape index (κ1) is 17.8. The molecule has 0 spiro atoms. The van der Waals surface area contributed by atoms with E-state index < -0.39 is 5.97 Å². The predicted molar refractivity (Wildman–Crippen MR) is 83.2 cm³/mol. The van der Waals surface area contributed by atoms with Crippen molar-refractivity contribution in [2.75, 3.05) is 13.1 Å². The third-order valence-electron chi connectivity index (χ3n) is 4.21. The number of carbonyl (C=O) groups excluding carboxylic acids is 1. The molecule has 0 aromatic heterocycles. The van der Waals surface area contributed by atoms with Crippen LogP contribution < -0.4 is 5.32 Å². The van der Waals surface area contributed by atoms with Crippen LogP contribution in [0.1, 0.15) is 53.4 Å². The molecule has 2 unspecified atom stereocenters. The van der Waals surface area contributed by atoms with Crippen LogP contribution in [0.4, 0.5) is 4.79 Å². The second-order valence-corrected chi connectivity index (χ2v) is 6.95. The van der Waals surface area contributed by atoms with E-state index in [1.165, 1.54) is 0 Å². The van der Waals surface area contributed by atoms with Crippen LogP contribution in [0.5, 0.6) is 0 Å². The molecule has 3 atom stereocenters. The lowest BCUT2D eigenvalue weighted by molar-refractivity contribution is -0.138. The fraction of sp³-hybridized carbons (Fsp3) is 0.875. The van der Waals surface area contributed by atoms with Crippen molar-refractivity contribution in [2.24, 2.45) is 17.8 Å². The quantitative estimate of drug-likeness (QED) is 0.792. The molecule has 2 N–H and O–H groups in total. The lowest BCUT2D eigenvalue weighted by Gasteiger charge is -2.36. The Morgan fingerprint density at radius 1 is 1.33 bits per heavy atom. The molecule has 2 amide bonds. The Labute approximate surface area is 128 Å². The normalized spacial score (nSPS) is 24.0. The van der Waals surface area contributed by atoms with Crippen LogP contribution in [0, 0.1) is 17.8 Å². The zero-order valence-electron chi connectivity index (χ0n) is 13.8. The first-order valence-electron chi connectivity index (χ1n) is 8.05. The van der Waals surface area contributed by atoms with E-state index in [1.807, 2.05) is 4.90 Å². The minimum absolute atomic E-state index is 0.00507. The lowest BCUT2D eigenvalue weighted by Crippen LogP contribution is -2.49. The van der Waals surface area contributed by atoms with Crippen molar-refractivity contribution in [1.82, 2.24) is 10.2 Å². The smallest absolute Gasteiger partial charge is 0.317 e. The van der Waals surface area contributed by atoms with E-state index in [0.717, 1.165) is 25.8 Å². The Balaban J connectivity index is 2.46. The molecule has 1 aliphatic rings. The fourth-order valence-corrected chi connectivity index (χ4v) is 3.19. The molecule has 1 aliphatic heterocycles. The van der Waals surface area contributed by atoms with Gasteiger partial charge in [-0.15, -0.1) is 0 Å². The molecule has 0 aromatic carbocycles. The average Bonchev–Trinajstić information content (AvgIpc) is 2.34. The number of carbonyl (C=O) groups is 2. The van der Waals surface area contributed by atoms with E-state index in [-0.39, 0.29) is 24.4 Å². The highest BCUT2D eigenvalue weighted by molar-refractivity contribution is 5.74. The van der Waals surface area contributed by atoms with Gasteiger partial charge in [0.15, 0.2) is 0 Å². The summed E-state index contributed by atoms with van der Waals surface area (Å²) in [6.07, 6.45) is 3.02. The summed E-state index contributed by atoms with van der Waals surface area (Å²) in [6.45, 7) is 9.69. The summed E-state index contributed by atoms with van der Waals surface area (Å²) in [4.78, 5) is 25.0. The van der Waals surface area contributed by atoms with Gasteiger partial charge in [-0.1, -0.05) is 20.8 Å². The second kappa shape index (κ2) is 8.25. The maximum Gasteiger partial charge on any atom is 0.317 e. The number of carboxylic acid groups (broad SMARTS) is 1. The Kier molecular flexibility index (Phi) is 6.99. The Morgan fingerprint density at radius 2 is 2.00 bits per heavy atom. The molecule has 0 aliphatic carbocycles. The SMILES string of the molecule is CC(C)C[C@H](CNC(=O)N1CCC(C)CC1C)CC(=O)O. The fourth-order valence-electron chi connectivity index (χ4n) is 3.19. The highest BCUT2D eigenvalue weighted by Crippen LogP contribution is 2.22. The van der Waals surface area contributed by atoms with Crippen molar-refractivity contribution < 1.29 is 14.7 Å². The lowest BCUT2D eigenvalue weighted by atomic mass is 9.93. The molecule has 0 saturated carbocycles. The van der Waals surface area contributed by atoms with Gasteiger partial charge in [0, 0.05) is 25.6 Å². The van der Waals surface area contributed by atoms with Crippen molar-refractivity contribution in [3.63, 3.8) is 0 Å². The third-order valence-corrected chi connectivity index (χ3v) is 4.21. The summed E-state index contributed by atoms with van der Waals surface area (Å²) in [5, 5.41) is 11.9. The molecule has 21 heavy (non-hydrogen) atoms. The van der Waals surface area contributed by atoms with Gasteiger partial charge in [-0.3, -0.25) is 4.79 Å². The summed E-state index contributed by atoms with van der Waals surface area (Å²) >= 11 is 0. The van der Waals surface area contributed by atoms with E-state index >= 15 is 0 Å². The number of hydrogen-bond donors (Lipinski definition) is 2. The Bertz CT molecular complexity index is 357. The molecular weight excluding hydrogens is 268 g/mol. The molecular formula is C16H30N2O3. The first-order chi connectivity index (χ1) is 9.79. The number of rotatable bonds is 6. The second-order valence-electron chi connectivity index (χ2n) is 6.95. The Morgan fingerprint density at radius 3 is 2.52 bits per heavy atom. The largest absolute Gasteiger partial charge is 0.481 e. The predicted octanol–water partition coefficient (Wildman–Crippen LogP) is 2.95. The zero-order valence-corrected chi connectivity index (χ0v) is 13.8. The molecule has 5 heteroatoms. The molecule has 1 fully saturated rings. The van der Waals surface area contributed by atoms with Crippen molar-refractivity contribution in [1.29, 1.82) is 0 Å². The third kappa shape index (κ3) is 6.36. The number of urea groups is 1. The van der Waals surface area contributed by atoms with Crippen molar-refractivity contribution >= 4 is 12.0 Å². The number of likely N-dealkylation sites (tertiary alicyclic amines) is 1. The van der Waals surface area contributed by atoms with Crippen LogP contribution >= 0.6 is 0 Å². The molecule has 122 valence electrons. The minimum atomic E-state index is -0.796. The van der Waals surface area contributed by atoms with E-state index in [0.29, 0.717) is 18.4 Å². The van der Waals surface area contributed by atoms with Gasteiger partial charge in [-0.2, -0.15) is 0 Å². The minimum Gasteiger partial charge on any atom is -0.481 e. The summed E-state index contributed by atoms with van der Waals surface area (Å²) < 4.78 is 0. The monoisotopic (exact) mass is 298 g/mol. The van der Waals surface area contributed by atoms with Crippen molar-refractivity contribution in [3.8, 4) is 0 Å². The molecule has 0 bridgehead atoms. The molecule has 1 heterocycles. The van der Waals surface area contributed by atoms with Crippen LogP contribution in [0.25, 0.3) is 0 Å². The van der Waals surface area contributed by atoms with Gasteiger partial charge in [0.1, 0.15) is 0 Å². The number of carboxylic acids is 1. The van der Waals surface area contributed by atoms with Gasteiger partial charge >= 0.3 is 12.0 Å². The number of aliphatic carboxylic acids is 1. The molecule has 5 nitrogen and oxygen atoms in total. The van der Waals surface area contributed by atoms with Crippen molar-refractivity contribution in [2.45, 2.75) is 59.4 Å². The number of amides is 2. The standard InChI is InChI=1S/C16H30N2O3/c1-11(2)7-14(9-15(19)20)10-17-16(21)18-6-5-12(3)8-13(18)4/h11-14H,5-10H2,1-4H3,(H,17,21)(H,19,20)/t12?,13?,14-/m0/s1. The number of nitrogens with zero attached hydrogens (tertiary/aromatic N) is 1. The summed E-state index contributed by atoms with van der Waals surface area (Å²) in [7, 11) is 0. The highest BCUT2D eigenvalue weighted by Gasteiger charge is 2.27. The maximum atomic E-state index is 12.3.